The second kappa shape index (κ2) is 6.29. The zero-order valence-corrected chi connectivity index (χ0v) is 12.7. The molecule has 1 aromatic rings. The lowest BCUT2D eigenvalue weighted by Gasteiger charge is -2.34. The molecule has 5 nitrogen and oxygen atoms in total. The van der Waals surface area contributed by atoms with Gasteiger partial charge in [-0.25, -0.2) is 4.79 Å². The molecule has 0 aliphatic carbocycles. The summed E-state index contributed by atoms with van der Waals surface area (Å²) < 4.78 is 5.45. The molecule has 1 atom stereocenters. The van der Waals surface area contributed by atoms with E-state index in [0.29, 0.717) is 5.92 Å². The number of aromatic nitrogens is 2. The Morgan fingerprint density at radius 1 is 1.55 bits per heavy atom. The maximum absolute atomic E-state index is 12.1. The molecule has 0 spiro atoms. The zero-order valence-electron chi connectivity index (χ0n) is 12.7. The summed E-state index contributed by atoms with van der Waals surface area (Å²) in [6, 6.07) is 0. The number of hydrogen-bond acceptors (Lipinski definition) is 3. The van der Waals surface area contributed by atoms with Gasteiger partial charge in [0.05, 0.1) is 6.20 Å². The van der Waals surface area contributed by atoms with E-state index < -0.39 is 5.60 Å². The zero-order chi connectivity index (χ0) is 14.6. The van der Waals surface area contributed by atoms with E-state index in [4.69, 9.17) is 4.74 Å². The monoisotopic (exact) mass is 279 g/mol. The smallest absolute Gasteiger partial charge is 0.410 e. The number of amides is 1. The first-order valence-electron chi connectivity index (χ1n) is 7.39. The molecule has 2 heterocycles. The summed E-state index contributed by atoms with van der Waals surface area (Å²) in [5.41, 5.74) is 0.820. The molecule has 0 saturated carbocycles. The highest BCUT2D eigenvalue weighted by Crippen LogP contribution is 2.23. The van der Waals surface area contributed by atoms with Gasteiger partial charge in [-0.1, -0.05) is 0 Å². The van der Waals surface area contributed by atoms with Gasteiger partial charge in [-0.15, -0.1) is 0 Å². The van der Waals surface area contributed by atoms with Crippen molar-refractivity contribution < 1.29 is 9.53 Å². The van der Waals surface area contributed by atoms with Crippen LogP contribution in [0.5, 0.6) is 0 Å². The quantitative estimate of drug-likeness (QED) is 0.925. The largest absolute Gasteiger partial charge is 0.444 e. The Kier molecular flexibility index (Phi) is 4.68. The van der Waals surface area contributed by atoms with E-state index in [1.807, 2.05) is 38.1 Å². The number of H-pyrrole nitrogens is 1. The van der Waals surface area contributed by atoms with Crippen molar-refractivity contribution in [3.05, 3.63) is 18.0 Å². The van der Waals surface area contributed by atoms with Crippen molar-refractivity contribution in [1.29, 1.82) is 0 Å². The van der Waals surface area contributed by atoms with Crippen LogP contribution in [0.15, 0.2) is 12.4 Å². The molecule has 1 unspecified atom stereocenters. The van der Waals surface area contributed by atoms with Gasteiger partial charge in [-0.3, -0.25) is 5.10 Å². The van der Waals surface area contributed by atoms with Crippen LogP contribution >= 0.6 is 0 Å². The molecule has 112 valence electrons. The van der Waals surface area contributed by atoms with Crippen LogP contribution in [0.4, 0.5) is 4.79 Å². The molecule has 1 aromatic heterocycles. The summed E-state index contributed by atoms with van der Waals surface area (Å²) in [5.74, 6) is 0.561. The molecule has 0 bridgehead atoms. The predicted octanol–water partition coefficient (Wildman–Crippen LogP) is 2.99. The van der Waals surface area contributed by atoms with Crippen LogP contribution in [0.3, 0.4) is 0 Å². The molecule has 1 aliphatic rings. The number of piperidine rings is 1. The van der Waals surface area contributed by atoms with Gasteiger partial charge in [-0.05, 0) is 57.9 Å². The maximum Gasteiger partial charge on any atom is 0.410 e. The van der Waals surface area contributed by atoms with Crippen LogP contribution in [0.1, 0.15) is 45.6 Å². The molecule has 2 rings (SSSR count). The first kappa shape index (κ1) is 14.9. The minimum absolute atomic E-state index is 0.175. The van der Waals surface area contributed by atoms with E-state index in [0.717, 1.165) is 32.4 Å². The number of aromatic amines is 1. The molecular formula is C15H25N3O2. The number of ether oxygens (including phenoxy) is 1. The van der Waals surface area contributed by atoms with E-state index in [1.54, 1.807) is 0 Å². The van der Waals surface area contributed by atoms with Crippen molar-refractivity contribution >= 4 is 6.09 Å². The molecule has 20 heavy (non-hydrogen) atoms. The number of carbonyl (C=O) groups excluding carboxylic acids is 1. The SMILES string of the molecule is CC(C)(C)OC(=O)N1CCCC(CCc2cn[nH]c2)C1. The number of likely N-dealkylation sites (tertiary alicyclic amines) is 1. The summed E-state index contributed by atoms with van der Waals surface area (Å²) in [6.45, 7) is 7.35. The number of rotatable bonds is 3. The number of hydrogen-bond donors (Lipinski definition) is 1. The Morgan fingerprint density at radius 3 is 3.00 bits per heavy atom. The molecule has 1 amide bonds. The fourth-order valence-corrected chi connectivity index (χ4v) is 2.58. The molecule has 0 aromatic carbocycles. The van der Waals surface area contributed by atoms with E-state index in [1.165, 1.54) is 12.0 Å². The van der Waals surface area contributed by atoms with Gasteiger partial charge in [-0.2, -0.15) is 5.10 Å². The van der Waals surface area contributed by atoms with Crippen LogP contribution in [-0.4, -0.2) is 39.9 Å². The summed E-state index contributed by atoms with van der Waals surface area (Å²) in [4.78, 5) is 13.9. The molecule has 1 aliphatic heterocycles. The van der Waals surface area contributed by atoms with Crippen LogP contribution in [-0.2, 0) is 11.2 Å². The fourth-order valence-electron chi connectivity index (χ4n) is 2.58. The minimum Gasteiger partial charge on any atom is -0.444 e. The number of nitrogens with one attached hydrogen (secondary N) is 1. The standard InChI is InChI=1S/C15H25N3O2/c1-15(2,3)20-14(19)18-8-4-5-12(11-18)6-7-13-9-16-17-10-13/h9-10,12H,4-8,11H2,1-3H3,(H,16,17). The van der Waals surface area contributed by atoms with E-state index in [-0.39, 0.29) is 6.09 Å². The first-order valence-corrected chi connectivity index (χ1v) is 7.39. The van der Waals surface area contributed by atoms with Crippen LogP contribution in [0.2, 0.25) is 0 Å². The molecule has 1 fully saturated rings. The van der Waals surface area contributed by atoms with Crippen molar-refractivity contribution in [2.24, 2.45) is 5.92 Å². The van der Waals surface area contributed by atoms with Gasteiger partial charge < -0.3 is 9.64 Å². The van der Waals surface area contributed by atoms with Crippen LogP contribution in [0.25, 0.3) is 0 Å². The Balaban J connectivity index is 1.80. The molecule has 0 radical (unpaired) electrons. The number of aryl methyl sites for hydroxylation is 1. The lowest BCUT2D eigenvalue weighted by molar-refractivity contribution is 0.0162. The van der Waals surface area contributed by atoms with Gasteiger partial charge >= 0.3 is 6.09 Å². The van der Waals surface area contributed by atoms with Crippen LogP contribution < -0.4 is 0 Å². The van der Waals surface area contributed by atoms with Gasteiger partial charge in [0.2, 0.25) is 0 Å². The average molecular weight is 279 g/mol. The van der Waals surface area contributed by atoms with Crippen molar-refractivity contribution in [2.75, 3.05) is 13.1 Å². The Morgan fingerprint density at radius 2 is 2.35 bits per heavy atom. The van der Waals surface area contributed by atoms with Gasteiger partial charge in [0.25, 0.3) is 0 Å². The van der Waals surface area contributed by atoms with E-state index in [2.05, 4.69) is 10.2 Å². The van der Waals surface area contributed by atoms with Gasteiger partial charge in [0, 0.05) is 19.3 Å². The maximum atomic E-state index is 12.1. The van der Waals surface area contributed by atoms with Crippen molar-refractivity contribution in [1.82, 2.24) is 15.1 Å². The lowest BCUT2D eigenvalue weighted by atomic mass is 9.92. The van der Waals surface area contributed by atoms with E-state index >= 15 is 0 Å². The lowest BCUT2D eigenvalue weighted by Crippen LogP contribution is -2.42. The summed E-state index contributed by atoms with van der Waals surface area (Å²) in [6.07, 6.45) is 8.00. The van der Waals surface area contributed by atoms with Crippen molar-refractivity contribution in [3.8, 4) is 0 Å². The Bertz CT molecular complexity index is 423. The number of carbonyl (C=O) groups is 1. The normalized spacial score (nSPS) is 19.9. The highest BCUT2D eigenvalue weighted by atomic mass is 16.6. The Labute approximate surface area is 120 Å². The average Bonchev–Trinajstić information content (AvgIpc) is 2.88. The third kappa shape index (κ3) is 4.54. The molecular weight excluding hydrogens is 254 g/mol. The third-order valence-corrected chi connectivity index (χ3v) is 3.57. The van der Waals surface area contributed by atoms with Crippen LogP contribution in [0, 0.1) is 5.92 Å². The fraction of sp³-hybridized carbons (Fsp3) is 0.733. The Hall–Kier alpha value is -1.52. The summed E-state index contributed by atoms with van der Waals surface area (Å²) >= 11 is 0. The minimum atomic E-state index is -0.416. The number of nitrogens with zero attached hydrogens (tertiary/aromatic N) is 2. The van der Waals surface area contributed by atoms with Gasteiger partial charge in [0.1, 0.15) is 5.60 Å². The topological polar surface area (TPSA) is 58.2 Å². The third-order valence-electron chi connectivity index (χ3n) is 3.57. The highest BCUT2D eigenvalue weighted by Gasteiger charge is 2.27. The molecule has 1 saturated heterocycles. The van der Waals surface area contributed by atoms with Crippen molar-refractivity contribution in [2.45, 2.75) is 52.1 Å². The molecule has 1 N–H and O–H groups in total. The van der Waals surface area contributed by atoms with E-state index in [9.17, 15) is 4.79 Å². The van der Waals surface area contributed by atoms with Crippen molar-refractivity contribution in [3.63, 3.8) is 0 Å². The second-order valence-corrected chi connectivity index (χ2v) is 6.58. The summed E-state index contributed by atoms with van der Waals surface area (Å²) in [5, 5.41) is 6.80. The summed E-state index contributed by atoms with van der Waals surface area (Å²) in [7, 11) is 0. The predicted molar refractivity (Wildman–Crippen MR) is 77.4 cm³/mol. The molecule has 5 heteroatoms. The first-order chi connectivity index (χ1) is 9.44. The van der Waals surface area contributed by atoms with Gasteiger partial charge in [0.15, 0.2) is 0 Å². The highest BCUT2D eigenvalue weighted by molar-refractivity contribution is 5.68. The second-order valence-electron chi connectivity index (χ2n) is 6.58.